The molecule has 0 fully saturated rings. The van der Waals surface area contributed by atoms with Gasteiger partial charge in [0, 0.05) is 43.1 Å². The number of benzene rings is 4. The standard InChI is InChI=1S/C38H41ClN2O4/c39-34-25-23-33(24-26-34)38(45)40(29-30-15-5-1-6-16-30)27-14-12-21-35(42)41(28-13-4-11-22-36(43)44)37(31-17-7-2-8-18-31)32-19-9-3-10-20-32/h1-3,5-10,15-20,23-26,37H,4,11-14,21-22,27-29H2,(H,43,44). The van der Waals surface area contributed by atoms with Crippen LogP contribution in [0.1, 0.15) is 78.0 Å². The quantitative estimate of drug-likeness (QED) is 0.120. The molecule has 0 spiro atoms. The number of carbonyl (C=O) groups excluding carboxylic acids is 2. The monoisotopic (exact) mass is 624 g/mol. The van der Waals surface area contributed by atoms with Crippen molar-refractivity contribution in [1.82, 2.24) is 9.80 Å². The number of rotatable bonds is 17. The van der Waals surface area contributed by atoms with Crippen LogP contribution in [0.25, 0.3) is 0 Å². The van der Waals surface area contributed by atoms with Crippen LogP contribution in [-0.4, -0.2) is 45.8 Å². The fourth-order valence-electron chi connectivity index (χ4n) is 5.51. The summed E-state index contributed by atoms with van der Waals surface area (Å²) in [5, 5.41) is 9.63. The molecule has 4 aromatic rings. The lowest BCUT2D eigenvalue weighted by Gasteiger charge is -2.33. The van der Waals surface area contributed by atoms with Gasteiger partial charge in [-0.3, -0.25) is 14.4 Å². The molecular weight excluding hydrogens is 584 g/mol. The molecule has 4 rings (SSSR count). The van der Waals surface area contributed by atoms with Crippen LogP contribution < -0.4 is 0 Å². The first kappa shape index (κ1) is 33.5. The summed E-state index contributed by atoms with van der Waals surface area (Å²) in [7, 11) is 0. The highest BCUT2D eigenvalue weighted by Crippen LogP contribution is 2.30. The number of amides is 2. The van der Waals surface area contributed by atoms with Gasteiger partial charge in [-0.25, -0.2) is 0 Å². The molecule has 2 amide bonds. The van der Waals surface area contributed by atoms with E-state index in [2.05, 4.69) is 0 Å². The van der Waals surface area contributed by atoms with Crippen LogP contribution in [0.3, 0.4) is 0 Å². The third-order valence-corrected chi connectivity index (χ3v) is 8.07. The van der Waals surface area contributed by atoms with Crippen molar-refractivity contribution in [3.63, 3.8) is 0 Å². The van der Waals surface area contributed by atoms with Gasteiger partial charge in [0.1, 0.15) is 0 Å². The second kappa shape index (κ2) is 17.8. The van der Waals surface area contributed by atoms with Gasteiger partial charge in [0.15, 0.2) is 0 Å². The molecule has 1 N–H and O–H groups in total. The van der Waals surface area contributed by atoms with Crippen molar-refractivity contribution in [3.8, 4) is 0 Å². The van der Waals surface area contributed by atoms with Gasteiger partial charge in [0.05, 0.1) is 6.04 Å². The molecule has 0 heterocycles. The van der Waals surface area contributed by atoms with Crippen LogP contribution in [0.2, 0.25) is 5.02 Å². The SMILES string of the molecule is O=C(O)CCCCCN(C(=O)CCCCN(Cc1ccccc1)C(=O)c1ccc(Cl)cc1)C(c1ccccc1)c1ccccc1. The van der Waals surface area contributed by atoms with Crippen molar-refractivity contribution in [2.75, 3.05) is 13.1 Å². The third-order valence-electron chi connectivity index (χ3n) is 7.82. The Labute approximate surface area is 271 Å². The topological polar surface area (TPSA) is 77.9 Å². The molecule has 6 nitrogen and oxygen atoms in total. The summed E-state index contributed by atoms with van der Waals surface area (Å²) in [4.78, 5) is 42.3. The number of carboxylic acids is 1. The van der Waals surface area contributed by atoms with E-state index in [0.29, 0.717) is 55.9 Å². The van der Waals surface area contributed by atoms with E-state index < -0.39 is 5.97 Å². The Morgan fingerprint density at radius 3 is 1.73 bits per heavy atom. The molecule has 0 aliphatic rings. The lowest BCUT2D eigenvalue weighted by atomic mass is 9.96. The van der Waals surface area contributed by atoms with Crippen molar-refractivity contribution < 1.29 is 19.5 Å². The summed E-state index contributed by atoms with van der Waals surface area (Å²) in [6.07, 6.45) is 3.80. The molecule has 0 atom stereocenters. The molecule has 7 heteroatoms. The number of hydrogen-bond donors (Lipinski definition) is 1. The van der Waals surface area contributed by atoms with Gasteiger partial charge in [0.25, 0.3) is 5.91 Å². The molecule has 4 aromatic carbocycles. The molecule has 0 radical (unpaired) electrons. The zero-order chi connectivity index (χ0) is 31.9. The summed E-state index contributed by atoms with van der Waals surface area (Å²) >= 11 is 6.06. The van der Waals surface area contributed by atoms with E-state index in [9.17, 15) is 14.4 Å². The Balaban J connectivity index is 1.46. The van der Waals surface area contributed by atoms with E-state index in [1.165, 1.54) is 0 Å². The fraction of sp³-hybridized carbons (Fsp3) is 0.289. The second-order valence-electron chi connectivity index (χ2n) is 11.2. The molecule has 0 unspecified atom stereocenters. The minimum atomic E-state index is -0.801. The minimum Gasteiger partial charge on any atom is -0.481 e. The van der Waals surface area contributed by atoms with Crippen LogP contribution >= 0.6 is 11.6 Å². The van der Waals surface area contributed by atoms with Gasteiger partial charge in [-0.05, 0) is 66.6 Å². The Kier molecular flexibility index (Phi) is 13.2. The minimum absolute atomic E-state index is 0.0459. The maximum absolute atomic E-state index is 14.0. The molecule has 0 bridgehead atoms. The summed E-state index contributed by atoms with van der Waals surface area (Å²) in [6.45, 7) is 1.52. The summed E-state index contributed by atoms with van der Waals surface area (Å²) in [5.74, 6) is -0.826. The predicted octanol–water partition coefficient (Wildman–Crippen LogP) is 8.42. The van der Waals surface area contributed by atoms with Crippen LogP contribution in [0.5, 0.6) is 0 Å². The van der Waals surface area contributed by atoms with Crippen LogP contribution in [0, 0.1) is 0 Å². The molecule has 0 aliphatic heterocycles. The van der Waals surface area contributed by atoms with Gasteiger partial charge in [-0.15, -0.1) is 0 Å². The lowest BCUT2D eigenvalue weighted by molar-refractivity contribution is -0.137. The van der Waals surface area contributed by atoms with E-state index in [1.54, 1.807) is 24.3 Å². The van der Waals surface area contributed by atoms with Crippen LogP contribution in [-0.2, 0) is 16.1 Å². The molecule has 0 aliphatic carbocycles. The van der Waals surface area contributed by atoms with Gasteiger partial charge in [-0.1, -0.05) is 109 Å². The lowest BCUT2D eigenvalue weighted by Crippen LogP contribution is -2.36. The zero-order valence-electron chi connectivity index (χ0n) is 25.6. The summed E-state index contributed by atoms with van der Waals surface area (Å²) < 4.78 is 0. The fourth-order valence-corrected chi connectivity index (χ4v) is 5.64. The normalized spacial score (nSPS) is 10.9. The maximum atomic E-state index is 14.0. The number of carboxylic acid groups (broad SMARTS) is 1. The highest BCUT2D eigenvalue weighted by Gasteiger charge is 2.26. The van der Waals surface area contributed by atoms with E-state index in [1.807, 2.05) is 101 Å². The number of unbranched alkanes of at least 4 members (excludes halogenated alkanes) is 3. The molecular formula is C38H41ClN2O4. The molecule has 234 valence electrons. The Morgan fingerprint density at radius 1 is 0.622 bits per heavy atom. The van der Waals surface area contributed by atoms with Crippen molar-refractivity contribution in [2.45, 2.75) is 57.5 Å². The maximum Gasteiger partial charge on any atom is 0.303 e. The largest absolute Gasteiger partial charge is 0.481 e. The number of aliphatic carboxylic acids is 1. The van der Waals surface area contributed by atoms with E-state index in [0.717, 1.165) is 29.5 Å². The first-order chi connectivity index (χ1) is 21.9. The smallest absolute Gasteiger partial charge is 0.303 e. The number of carbonyl (C=O) groups is 3. The second-order valence-corrected chi connectivity index (χ2v) is 11.6. The summed E-state index contributed by atoms with van der Waals surface area (Å²) in [5.41, 5.74) is 3.68. The molecule has 0 saturated heterocycles. The average molecular weight is 625 g/mol. The number of halogens is 1. The van der Waals surface area contributed by atoms with Crippen molar-refractivity contribution in [3.05, 3.63) is 143 Å². The first-order valence-electron chi connectivity index (χ1n) is 15.6. The average Bonchev–Trinajstić information content (AvgIpc) is 3.06. The Bertz CT molecular complexity index is 1440. The van der Waals surface area contributed by atoms with Gasteiger partial charge >= 0.3 is 5.97 Å². The summed E-state index contributed by atoms with van der Waals surface area (Å²) in [6, 6.07) is 36.7. The molecule has 0 saturated carbocycles. The van der Waals surface area contributed by atoms with Gasteiger partial charge < -0.3 is 14.9 Å². The van der Waals surface area contributed by atoms with Crippen molar-refractivity contribution in [1.29, 1.82) is 0 Å². The predicted molar refractivity (Wildman–Crippen MR) is 179 cm³/mol. The zero-order valence-corrected chi connectivity index (χ0v) is 26.3. The Hall–Kier alpha value is -4.42. The third kappa shape index (κ3) is 10.6. The van der Waals surface area contributed by atoms with E-state index in [-0.39, 0.29) is 24.3 Å². The number of hydrogen-bond acceptors (Lipinski definition) is 3. The van der Waals surface area contributed by atoms with Gasteiger partial charge in [-0.2, -0.15) is 0 Å². The van der Waals surface area contributed by atoms with E-state index >= 15 is 0 Å². The number of nitrogens with zero attached hydrogens (tertiary/aromatic N) is 2. The molecule has 0 aromatic heterocycles. The first-order valence-corrected chi connectivity index (χ1v) is 16.0. The molecule has 45 heavy (non-hydrogen) atoms. The Morgan fingerprint density at radius 2 is 1.16 bits per heavy atom. The highest BCUT2D eigenvalue weighted by molar-refractivity contribution is 6.30. The van der Waals surface area contributed by atoms with Crippen LogP contribution in [0.4, 0.5) is 0 Å². The van der Waals surface area contributed by atoms with Crippen molar-refractivity contribution >= 4 is 29.4 Å². The van der Waals surface area contributed by atoms with Gasteiger partial charge in [0.2, 0.25) is 5.91 Å². The highest BCUT2D eigenvalue weighted by atomic mass is 35.5. The van der Waals surface area contributed by atoms with E-state index in [4.69, 9.17) is 16.7 Å². The van der Waals surface area contributed by atoms with Crippen LogP contribution in [0.15, 0.2) is 115 Å². The van der Waals surface area contributed by atoms with Crippen molar-refractivity contribution in [2.24, 2.45) is 0 Å².